The van der Waals surface area contributed by atoms with Gasteiger partial charge in [-0.15, -0.1) is 0 Å². The third-order valence-corrected chi connectivity index (χ3v) is 3.02. The molecule has 0 bridgehead atoms. The number of hydrogen-bond donors (Lipinski definition) is 0. The molecule has 0 spiro atoms. The van der Waals surface area contributed by atoms with Crippen molar-refractivity contribution < 1.29 is 4.74 Å². The maximum Gasteiger partial charge on any atom is 0.148 e. The maximum absolute atomic E-state index is 5.59. The summed E-state index contributed by atoms with van der Waals surface area (Å²) in [6.07, 6.45) is 1.93. The molecule has 4 heteroatoms. The monoisotopic (exact) mass is 252 g/mol. The molecule has 2 heterocycles. The summed E-state index contributed by atoms with van der Waals surface area (Å²) in [6.45, 7) is 2.68. The van der Waals surface area contributed by atoms with E-state index in [1.807, 2.05) is 17.8 Å². The Morgan fingerprint density at radius 1 is 1.57 bits per heavy atom. The van der Waals surface area contributed by atoms with E-state index in [9.17, 15) is 0 Å². The molecule has 3 nitrogen and oxygen atoms in total. The van der Waals surface area contributed by atoms with Gasteiger partial charge in [-0.3, -0.25) is 0 Å². The van der Waals surface area contributed by atoms with Gasteiger partial charge in [-0.05, 0) is 19.1 Å². The first-order valence-electron chi connectivity index (χ1n) is 4.53. The molecule has 1 aliphatic heterocycles. The molecule has 0 amide bonds. The van der Waals surface area contributed by atoms with E-state index in [0.29, 0.717) is 6.61 Å². The van der Waals surface area contributed by atoms with Crippen molar-refractivity contribution in [2.45, 2.75) is 19.8 Å². The minimum Gasteiger partial charge on any atom is -0.352 e. The molecular formula is C10H9BrN2O. The first-order valence-corrected chi connectivity index (χ1v) is 5.32. The highest BCUT2D eigenvalue weighted by Gasteiger charge is 2.19. The maximum atomic E-state index is 5.59. The van der Waals surface area contributed by atoms with Gasteiger partial charge in [0.1, 0.15) is 6.23 Å². The lowest BCUT2D eigenvalue weighted by atomic mass is 10.1. The lowest BCUT2D eigenvalue weighted by Crippen LogP contribution is -2.16. The molecule has 1 unspecified atom stereocenters. The van der Waals surface area contributed by atoms with Crippen LogP contribution in [0.25, 0.3) is 10.9 Å². The van der Waals surface area contributed by atoms with Gasteiger partial charge < -0.3 is 4.74 Å². The zero-order valence-electron chi connectivity index (χ0n) is 7.70. The molecule has 0 N–H and O–H groups in total. The fourth-order valence-electron chi connectivity index (χ4n) is 1.91. The molecule has 0 radical (unpaired) electrons. The van der Waals surface area contributed by atoms with Crippen LogP contribution in [0, 0.1) is 0 Å². The molecule has 1 aromatic heterocycles. The summed E-state index contributed by atoms with van der Waals surface area (Å²) in [4.78, 5) is 0. The topological polar surface area (TPSA) is 27.1 Å². The third-order valence-electron chi connectivity index (χ3n) is 2.56. The number of rotatable bonds is 0. The molecule has 0 saturated heterocycles. The quantitative estimate of drug-likeness (QED) is 0.721. The molecular weight excluding hydrogens is 244 g/mol. The summed E-state index contributed by atoms with van der Waals surface area (Å²) in [6, 6.07) is 4.17. The molecule has 0 aliphatic carbocycles. The van der Waals surface area contributed by atoms with E-state index in [2.05, 4.69) is 33.2 Å². The molecule has 1 atom stereocenters. The van der Waals surface area contributed by atoms with E-state index < -0.39 is 0 Å². The summed E-state index contributed by atoms with van der Waals surface area (Å²) in [5.74, 6) is 0. The van der Waals surface area contributed by atoms with Crippen LogP contribution in [-0.2, 0) is 11.3 Å². The Labute approximate surface area is 89.8 Å². The minimum atomic E-state index is 0.0428. The summed E-state index contributed by atoms with van der Waals surface area (Å²) >= 11 is 3.48. The summed E-state index contributed by atoms with van der Waals surface area (Å²) in [5.41, 5.74) is 2.40. The highest BCUT2D eigenvalue weighted by molar-refractivity contribution is 9.10. The second-order valence-corrected chi connectivity index (χ2v) is 4.42. The van der Waals surface area contributed by atoms with E-state index >= 15 is 0 Å². The molecule has 0 saturated carbocycles. The number of halogens is 1. The SMILES string of the molecule is CC1OCc2cc(Br)cc3cnn1c23. The first-order chi connectivity index (χ1) is 6.75. The number of hydrogen-bond acceptors (Lipinski definition) is 2. The highest BCUT2D eigenvalue weighted by Crippen LogP contribution is 2.31. The second-order valence-electron chi connectivity index (χ2n) is 3.50. The number of nitrogens with zero attached hydrogens (tertiary/aromatic N) is 2. The van der Waals surface area contributed by atoms with Gasteiger partial charge in [0, 0.05) is 15.4 Å². The summed E-state index contributed by atoms with van der Waals surface area (Å²) in [5, 5.41) is 5.49. The van der Waals surface area contributed by atoms with Gasteiger partial charge >= 0.3 is 0 Å². The smallest absolute Gasteiger partial charge is 0.148 e. The van der Waals surface area contributed by atoms with Gasteiger partial charge in [0.2, 0.25) is 0 Å². The summed E-state index contributed by atoms with van der Waals surface area (Å²) in [7, 11) is 0. The van der Waals surface area contributed by atoms with Gasteiger partial charge in [-0.1, -0.05) is 15.9 Å². The van der Waals surface area contributed by atoms with Gasteiger partial charge in [-0.2, -0.15) is 5.10 Å². The van der Waals surface area contributed by atoms with Crippen LogP contribution in [0.15, 0.2) is 22.8 Å². The summed E-state index contributed by atoms with van der Waals surface area (Å²) < 4.78 is 8.60. The fraction of sp³-hybridized carbons (Fsp3) is 0.300. The standard InChI is InChI=1S/C10H9BrN2O/c1-6-13-10-7(4-12-13)2-9(11)3-8(10)5-14-6/h2-4,6H,5H2,1H3. The minimum absolute atomic E-state index is 0.0428. The van der Waals surface area contributed by atoms with Crippen LogP contribution in [0.3, 0.4) is 0 Å². The van der Waals surface area contributed by atoms with E-state index in [1.165, 1.54) is 16.5 Å². The Bertz CT molecular complexity index is 506. The van der Waals surface area contributed by atoms with Crippen molar-refractivity contribution in [2.24, 2.45) is 0 Å². The Kier molecular flexibility index (Phi) is 1.69. The second kappa shape index (κ2) is 2.81. The predicted molar refractivity (Wildman–Crippen MR) is 56.9 cm³/mol. The lowest BCUT2D eigenvalue weighted by Gasteiger charge is -2.21. The molecule has 0 fully saturated rings. The lowest BCUT2D eigenvalue weighted by molar-refractivity contribution is -0.00961. The van der Waals surface area contributed by atoms with E-state index in [1.54, 1.807) is 0 Å². The highest BCUT2D eigenvalue weighted by atomic mass is 79.9. The van der Waals surface area contributed by atoms with Crippen LogP contribution >= 0.6 is 15.9 Å². The molecule has 2 aromatic rings. The Hall–Kier alpha value is -0.870. The number of aromatic nitrogens is 2. The normalized spacial score (nSPS) is 20.3. The van der Waals surface area contributed by atoms with Crippen molar-refractivity contribution in [1.82, 2.24) is 9.78 Å². The van der Waals surface area contributed by atoms with Gasteiger partial charge in [0.25, 0.3) is 0 Å². The van der Waals surface area contributed by atoms with Crippen molar-refractivity contribution in [3.63, 3.8) is 0 Å². The molecule has 14 heavy (non-hydrogen) atoms. The largest absolute Gasteiger partial charge is 0.352 e. The van der Waals surface area contributed by atoms with E-state index in [-0.39, 0.29) is 6.23 Å². The van der Waals surface area contributed by atoms with Crippen LogP contribution in [0.2, 0.25) is 0 Å². The molecule has 1 aromatic carbocycles. The van der Waals surface area contributed by atoms with Crippen LogP contribution in [0.1, 0.15) is 18.7 Å². The van der Waals surface area contributed by atoms with Crippen LogP contribution in [0.4, 0.5) is 0 Å². The van der Waals surface area contributed by atoms with Crippen LogP contribution in [-0.4, -0.2) is 9.78 Å². The Morgan fingerprint density at radius 2 is 2.43 bits per heavy atom. The number of benzene rings is 1. The predicted octanol–water partition coefficient (Wildman–Crippen LogP) is 2.85. The average Bonchev–Trinajstić information content (AvgIpc) is 2.56. The van der Waals surface area contributed by atoms with Crippen LogP contribution in [0.5, 0.6) is 0 Å². The van der Waals surface area contributed by atoms with Crippen molar-refractivity contribution in [3.05, 3.63) is 28.4 Å². The Balaban J connectivity index is 2.43. The zero-order chi connectivity index (χ0) is 9.71. The first kappa shape index (κ1) is 8.44. The van der Waals surface area contributed by atoms with Gasteiger partial charge in [-0.25, -0.2) is 4.68 Å². The third kappa shape index (κ3) is 1.04. The van der Waals surface area contributed by atoms with Crippen LogP contribution < -0.4 is 0 Å². The Morgan fingerprint density at radius 3 is 3.29 bits per heavy atom. The number of ether oxygens (including phenoxy) is 1. The average molecular weight is 253 g/mol. The van der Waals surface area contributed by atoms with Gasteiger partial charge in [0.05, 0.1) is 18.3 Å². The van der Waals surface area contributed by atoms with Crippen molar-refractivity contribution in [1.29, 1.82) is 0 Å². The molecule has 3 rings (SSSR count). The molecule has 72 valence electrons. The molecule has 1 aliphatic rings. The van der Waals surface area contributed by atoms with E-state index in [4.69, 9.17) is 4.74 Å². The van der Waals surface area contributed by atoms with E-state index in [0.717, 1.165) is 4.47 Å². The fourth-order valence-corrected chi connectivity index (χ4v) is 2.43. The zero-order valence-corrected chi connectivity index (χ0v) is 9.28. The van der Waals surface area contributed by atoms with Crippen molar-refractivity contribution in [3.8, 4) is 0 Å². The van der Waals surface area contributed by atoms with Gasteiger partial charge in [0.15, 0.2) is 0 Å². The van der Waals surface area contributed by atoms with Crippen molar-refractivity contribution >= 4 is 26.8 Å². The van der Waals surface area contributed by atoms with Crippen molar-refractivity contribution in [2.75, 3.05) is 0 Å².